The summed E-state index contributed by atoms with van der Waals surface area (Å²) in [4.78, 5) is 38.5. The highest BCUT2D eigenvalue weighted by atomic mass is 16.4. The lowest BCUT2D eigenvalue weighted by Crippen LogP contribution is -2.48. The van der Waals surface area contributed by atoms with E-state index in [-0.39, 0.29) is 18.7 Å². The van der Waals surface area contributed by atoms with Crippen LogP contribution in [-0.2, 0) is 16.0 Å². The minimum absolute atomic E-state index is 0.0754. The Bertz CT molecular complexity index is 1270. The van der Waals surface area contributed by atoms with Crippen molar-refractivity contribution < 1.29 is 23.5 Å². The Labute approximate surface area is 179 Å². The van der Waals surface area contributed by atoms with Crippen molar-refractivity contribution in [1.82, 2.24) is 4.90 Å². The molecule has 4 rings (SSSR count). The fourth-order valence-electron chi connectivity index (χ4n) is 4.64. The molecule has 164 valence electrons. The van der Waals surface area contributed by atoms with Crippen molar-refractivity contribution in [3.05, 3.63) is 44.5 Å². The maximum Gasteiger partial charge on any atom is 0.339 e. The van der Waals surface area contributed by atoms with E-state index in [0.29, 0.717) is 24.1 Å². The SMILES string of the molecule is Cc1oc2c(C)c3oc(=O)c(CCC(=O)N4CCCC[C@@H]4C(=O)O)c(C)c3cc2c1C. The molecule has 3 aromatic rings. The van der Waals surface area contributed by atoms with Crippen LogP contribution in [0.4, 0.5) is 0 Å². The summed E-state index contributed by atoms with van der Waals surface area (Å²) < 4.78 is 11.5. The number of aryl methyl sites for hydroxylation is 4. The molecule has 0 radical (unpaired) electrons. The fourth-order valence-corrected chi connectivity index (χ4v) is 4.64. The summed E-state index contributed by atoms with van der Waals surface area (Å²) in [5, 5.41) is 11.2. The summed E-state index contributed by atoms with van der Waals surface area (Å²) in [6, 6.07) is 1.21. The van der Waals surface area contributed by atoms with Crippen LogP contribution in [0.1, 0.15) is 53.7 Å². The Hall–Kier alpha value is -3.09. The van der Waals surface area contributed by atoms with Crippen molar-refractivity contribution >= 4 is 33.8 Å². The molecule has 0 bridgehead atoms. The van der Waals surface area contributed by atoms with E-state index in [0.717, 1.165) is 51.6 Å². The molecule has 0 aliphatic carbocycles. The third-order valence-corrected chi connectivity index (χ3v) is 6.64. The molecular formula is C24H27NO6. The van der Waals surface area contributed by atoms with E-state index in [1.54, 1.807) is 0 Å². The lowest BCUT2D eigenvalue weighted by atomic mass is 9.97. The first-order chi connectivity index (χ1) is 14.7. The number of aliphatic carboxylic acids is 1. The number of carboxylic acids is 1. The number of hydrogen-bond donors (Lipinski definition) is 1. The van der Waals surface area contributed by atoms with E-state index in [1.165, 1.54) is 4.90 Å². The maximum atomic E-state index is 12.8. The second-order valence-electron chi connectivity index (χ2n) is 8.47. The average Bonchev–Trinajstić information content (AvgIpc) is 3.03. The normalized spacial score (nSPS) is 16.9. The number of fused-ring (bicyclic) bond motifs is 2. The molecule has 1 aromatic carbocycles. The van der Waals surface area contributed by atoms with Crippen LogP contribution in [0.5, 0.6) is 0 Å². The van der Waals surface area contributed by atoms with Gasteiger partial charge in [0, 0.05) is 34.9 Å². The Balaban J connectivity index is 1.69. The van der Waals surface area contributed by atoms with Crippen molar-refractivity contribution in [1.29, 1.82) is 0 Å². The lowest BCUT2D eigenvalue weighted by molar-refractivity contribution is -0.152. The van der Waals surface area contributed by atoms with Gasteiger partial charge in [0.2, 0.25) is 5.91 Å². The predicted octanol–water partition coefficient (Wildman–Crippen LogP) is 4.17. The summed E-state index contributed by atoms with van der Waals surface area (Å²) in [7, 11) is 0. The third-order valence-electron chi connectivity index (χ3n) is 6.64. The van der Waals surface area contributed by atoms with Crippen LogP contribution in [0.25, 0.3) is 21.9 Å². The van der Waals surface area contributed by atoms with Crippen LogP contribution in [0.2, 0.25) is 0 Å². The third kappa shape index (κ3) is 3.52. The number of carbonyl (C=O) groups excluding carboxylic acids is 1. The number of piperidine rings is 1. The Morgan fingerprint density at radius 3 is 2.42 bits per heavy atom. The smallest absolute Gasteiger partial charge is 0.339 e. The van der Waals surface area contributed by atoms with Crippen LogP contribution in [0.15, 0.2) is 19.7 Å². The number of furan rings is 1. The summed E-state index contributed by atoms with van der Waals surface area (Å²) >= 11 is 0. The van der Waals surface area contributed by atoms with Crippen molar-refractivity contribution in [2.75, 3.05) is 6.54 Å². The van der Waals surface area contributed by atoms with Gasteiger partial charge in [-0.3, -0.25) is 4.79 Å². The number of nitrogens with zero attached hydrogens (tertiary/aromatic N) is 1. The summed E-state index contributed by atoms with van der Waals surface area (Å²) in [6.07, 6.45) is 2.36. The predicted molar refractivity (Wildman–Crippen MR) is 117 cm³/mol. The number of hydrogen-bond acceptors (Lipinski definition) is 5. The first kappa shape index (κ1) is 21.2. The molecule has 0 saturated carbocycles. The molecule has 1 atom stereocenters. The van der Waals surface area contributed by atoms with Gasteiger partial charge in [-0.2, -0.15) is 0 Å². The zero-order valence-corrected chi connectivity index (χ0v) is 18.3. The van der Waals surface area contributed by atoms with Gasteiger partial charge >= 0.3 is 11.6 Å². The lowest BCUT2D eigenvalue weighted by Gasteiger charge is -2.33. The molecule has 1 aliphatic rings. The van der Waals surface area contributed by atoms with Gasteiger partial charge in [0.25, 0.3) is 0 Å². The fraction of sp³-hybridized carbons (Fsp3) is 0.458. The summed E-state index contributed by atoms with van der Waals surface area (Å²) in [5.41, 5.74) is 3.83. The maximum absolute atomic E-state index is 12.8. The highest BCUT2D eigenvalue weighted by molar-refractivity contribution is 6.00. The monoisotopic (exact) mass is 425 g/mol. The van der Waals surface area contributed by atoms with E-state index in [4.69, 9.17) is 8.83 Å². The topological polar surface area (TPSA) is 101 Å². The van der Waals surface area contributed by atoms with Gasteiger partial charge in [-0.1, -0.05) is 0 Å². The first-order valence-electron chi connectivity index (χ1n) is 10.7. The number of amides is 1. The molecule has 1 N–H and O–H groups in total. The number of carboxylic acid groups (broad SMARTS) is 1. The van der Waals surface area contributed by atoms with Crippen molar-refractivity contribution in [2.45, 2.75) is 65.8 Å². The Morgan fingerprint density at radius 2 is 1.71 bits per heavy atom. The molecular weight excluding hydrogens is 398 g/mol. The van der Waals surface area contributed by atoms with E-state index >= 15 is 0 Å². The van der Waals surface area contributed by atoms with Gasteiger partial charge in [0.1, 0.15) is 23.0 Å². The molecule has 2 aromatic heterocycles. The second kappa shape index (κ2) is 7.87. The van der Waals surface area contributed by atoms with Crippen LogP contribution in [0.3, 0.4) is 0 Å². The molecule has 3 heterocycles. The quantitative estimate of drug-likeness (QED) is 0.630. The molecule has 1 fully saturated rings. The molecule has 7 heteroatoms. The summed E-state index contributed by atoms with van der Waals surface area (Å²) in [5.74, 6) is -0.382. The van der Waals surface area contributed by atoms with Gasteiger partial charge in [-0.05, 0) is 70.6 Å². The molecule has 1 aliphatic heterocycles. The van der Waals surface area contributed by atoms with Crippen LogP contribution in [0, 0.1) is 27.7 Å². The molecule has 31 heavy (non-hydrogen) atoms. The molecule has 0 spiro atoms. The number of carbonyl (C=O) groups is 2. The highest BCUT2D eigenvalue weighted by Gasteiger charge is 2.31. The van der Waals surface area contributed by atoms with E-state index in [2.05, 4.69) is 0 Å². The van der Waals surface area contributed by atoms with E-state index in [1.807, 2.05) is 33.8 Å². The van der Waals surface area contributed by atoms with Crippen LogP contribution in [-0.4, -0.2) is 34.5 Å². The zero-order chi connectivity index (χ0) is 22.4. The number of likely N-dealkylation sites (tertiary alicyclic amines) is 1. The van der Waals surface area contributed by atoms with Gasteiger partial charge < -0.3 is 18.8 Å². The molecule has 0 unspecified atom stereocenters. The van der Waals surface area contributed by atoms with E-state index < -0.39 is 17.6 Å². The Morgan fingerprint density at radius 1 is 1.03 bits per heavy atom. The second-order valence-corrected chi connectivity index (χ2v) is 8.47. The van der Waals surface area contributed by atoms with Crippen molar-refractivity contribution in [3.63, 3.8) is 0 Å². The van der Waals surface area contributed by atoms with Gasteiger partial charge in [0.05, 0.1) is 0 Å². The minimum atomic E-state index is -0.972. The van der Waals surface area contributed by atoms with E-state index in [9.17, 15) is 19.5 Å². The zero-order valence-electron chi connectivity index (χ0n) is 18.3. The standard InChI is InChI=1S/C24H27NO6/c1-12-15(4)30-21-14(3)22-18(11-17(12)21)13(2)16(24(29)31-22)8-9-20(26)25-10-6-5-7-19(25)23(27)28/h11,19H,5-10H2,1-4H3,(H,27,28)/t19-/m1/s1. The van der Waals surface area contributed by atoms with Crippen LogP contribution >= 0.6 is 0 Å². The summed E-state index contributed by atoms with van der Waals surface area (Å²) in [6.45, 7) is 8.09. The van der Waals surface area contributed by atoms with Crippen LogP contribution < -0.4 is 5.63 Å². The number of rotatable bonds is 4. The average molecular weight is 425 g/mol. The Kier molecular flexibility index (Phi) is 5.37. The largest absolute Gasteiger partial charge is 0.480 e. The van der Waals surface area contributed by atoms with Gasteiger partial charge in [-0.15, -0.1) is 0 Å². The number of benzene rings is 1. The van der Waals surface area contributed by atoms with Gasteiger partial charge in [0.15, 0.2) is 0 Å². The molecule has 7 nitrogen and oxygen atoms in total. The minimum Gasteiger partial charge on any atom is -0.480 e. The van der Waals surface area contributed by atoms with Crippen molar-refractivity contribution in [2.24, 2.45) is 0 Å². The molecule has 1 saturated heterocycles. The first-order valence-corrected chi connectivity index (χ1v) is 10.7. The highest BCUT2D eigenvalue weighted by Crippen LogP contribution is 2.34. The van der Waals surface area contributed by atoms with Gasteiger partial charge in [-0.25, -0.2) is 9.59 Å². The molecule has 1 amide bonds. The van der Waals surface area contributed by atoms with Crippen molar-refractivity contribution in [3.8, 4) is 0 Å².